The minimum Gasteiger partial charge on any atom is -0.387 e. The Morgan fingerprint density at radius 3 is 1.34 bits per heavy atom. The van der Waals surface area contributed by atoms with Crippen LogP contribution in [0.1, 0.15) is 206 Å². The summed E-state index contributed by atoms with van der Waals surface area (Å²) in [5, 5.41) is 13.2. The van der Waals surface area contributed by atoms with Crippen molar-refractivity contribution in [2.45, 2.75) is 219 Å². The molecule has 47 heavy (non-hydrogen) atoms. The summed E-state index contributed by atoms with van der Waals surface area (Å²) < 4.78 is 32.4. The van der Waals surface area contributed by atoms with Crippen molar-refractivity contribution in [1.82, 2.24) is 5.32 Å². The first-order chi connectivity index (χ1) is 22.8. The van der Waals surface area contributed by atoms with Gasteiger partial charge < -0.3 is 10.4 Å². The van der Waals surface area contributed by atoms with E-state index in [1.807, 2.05) is 6.08 Å². The van der Waals surface area contributed by atoms with Crippen LogP contribution in [0.3, 0.4) is 0 Å². The Kier molecular flexibility index (Phi) is 33.8. The van der Waals surface area contributed by atoms with E-state index < -0.39 is 28.0 Å². The van der Waals surface area contributed by atoms with Crippen molar-refractivity contribution in [2.24, 2.45) is 0 Å². The Balaban J connectivity index is 3.95. The molecule has 7 heteroatoms. The average Bonchev–Trinajstić information content (AvgIpc) is 3.03. The number of nitrogens with one attached hydrogen (secondary N) is 1. The van der Waals surface area contributed by atoms with Gasteiger partial charge in [-0.1, -0.05) is 192 Å². The van der Waals surface area contributed by atoms with Crippen LogP contribution < -0.4 is 5.32 Å². The summed E-state index contributed by atoms with van der Waals surface area (Å²) in [5.41, 5.74) is 0. The second-order valence-electron chi connectivity index (χ2n) is 13.9. The van der Waals surface area contributed by atoms with Crippen LogP contribution in [0, 0.1) is 0 Å². The summed E-state index contributed by atoms with van der Waals surface area (Å²) >= 11 is 0. The van der Waals surface area contributed by atoms with Crippen LogP contribution in [0.15, 0.2) is 24.3 Å². The van der Waals surface area contributed by atoms with Crippen LogP contribution in [0.25, 0.3) is 0 Å². The van der Waals surface area contributed by atoms with Gasteiger partial charge in [-0.15, -0.1) is 0 Å². The molecule has 0 fully saturated rings. The number of hydrogen-bond acceptors (Lipinski definition) is 4. The second-order valence-corrected chi connectivity index (χ2v) is 15.4. The molecule has 0 aliphatic rings. The summed E-state index contributed by atoms with van der Waals surface area (Å²) in [6.07, 6.45) is 43.1. The monoisotopic (exact) mass is 684 g/mol. The zero-order valence-corrected chi connectivity index (χ0v) is 31.7. The maximum absolute atomic E-state index is 12.5. The molecule has 0 spiro atoms. The summed E-state index contributed by atoms with van der Waals surface area (Å²) in [7, 11) is -4.35. The molecule has 0 aliphatic heterocycles. The number of amides is 1. The third kappa shape index (κ3) is 35.9. The van der Waals surface area contributed by atoms with Crippen LogP contribution in [0.4, 0.5) is 0 Å². The Morgan fingerprint density at radius 1 is 0.553 bits per heavy atom. The molecule has 0 heterocycles. The lowest BCUT2D eigenvalue weighted by Gasteiger charge is -2.21. The van der Waals surface area contributed by atoms with Gasteiger partial charge in [0.15, 0.2) is 0 Å². The summed E-state index contributed by atoms with van der Waals surface area (Å²) in [4.78, 5) is 12.5. The van der Waals surface area contributed by atoms with Gasteiger partial charge in [0.1, 0.15) is 0 Å². The lowest BCUT2D eigenvalue weighted by atomic mass is 10.0. The molecule has 0 bridgehead atoms. The standard InChI is InChI=1S/C40H77NO5S/c1-3-5-7-9-11-13-15-17-19-20-22-24-26-28-30-32-34-36-40(43)41-38(37-47(44,45)46)39(42)35-33-31-29-27-25-23-21-18-16-14-12-10-8-6-4-2/h25,27,33,35,38-39,42H,3-24,26,28-32,34,36-37H2,1-2H3,(H,41,43)(H,44,45,46)/b27-25+,35-33+. The van der Waals surface area contributed by atoms with Gasteiger partial charge in [0.05, 0.1) is 17.9 Å². The molecule has 0 saturated carbocycles. The molecule has 6 nitrogen and oxygen atoms in total. The Morgan fingerprint density at radius 2 is 0.915 bits per heavy atom. The molecule has 2 atom stereocenters. The quantitative estimate of drug-likeness (QED) is 0.0346. The smallest absolute Gasteiger partial charge is 0.267 e. The van der Waals surface area contributed by atoms with E-state index in [0.717, 1.165) is 38.5 Å². The molecule has 0 saturated heterocycles. The Bertz CT molecular complexity index is 842. The van der Waals surface area contributed by atoms with Crippen molar-refractivity contribution in [3.63, 3.8) is 0 Å². The molecule has 0 aliphatic carbocycles. The molecule has 0 radical (unpaired) electrons. The van der Waals surface area contributed by atoms with Gasteiger partial charge in [-0.2, -0.15) is 8.42 Å². The molecule has 3 N–H and O–H groups in total. The number of aliphatic hydroxyl groups is 1. The normalized spacial score (nSPS) is 13.5. The van der Waals surface area contributed by atoms with E-state index in [1.165, 1.54) is 154 Å². The Labute approximate surface area is 292 Å². The predicted octanol–water partition coefficient (Wildman–Crippen LogP) is 11.6. The maximum Gasteiger partial charge on any atom is 0.267 e. The lowest BCUT2D eigenvalue weighted by molar-refractivity contribution is -0.122. The SMILES string of the molecule is CCCCCCCCCCC/C=C/CC/C=C/C(O)C(CS(=O)(=O)O)NC(=O)CCCCCCCCCCCCCCCCCCC. The molecule has 0 rings (SSSR count). The zero-order chi connectivity index (χ0) is 34.7. The van der Waals surface area contributed by atoms with Crippen molar-refractivity contribution >= 4 is 16.0 Å². The topological polar surface area (TPSA) is 104 Å². The van der Waals surface area contributed by atoms with Crippen molar-refractivity contribution in [2.75, 3.05) is 5.75 Å². The van der Waals surface area contributed by atoms with Crippen LogP contribution in [0.2, 0.25) is 0 Å². The largest absolute Gasteiger partial charge is 0.387 e. The fourth-order valence-electron chi connectivity index (χ4n) is 6.11. The number of aliphatic hydroxyl groups excluding tert-OH is 1. The molecule has 0 aromatic rings. The number of carbonyl (C=O) groups excluding carboxylic acids is 1. The van der Waals surface area contributed by atoms with Gasteiger partial charge in [0.25, 0.3) is 10.1 Å². The van der Waals surface area contributed by atoms with E-state index in [4.69, 9.17) is 0 Å². The van der Waals surface area contributed by atoms with Gasteiger partial charge in [-0.25, -0.2) is 0 Å². The molecular weight excluding hydrogens is 607 g/mol. The highest BCUT2D eigenvalue weighted by Gasteiger charge is 2.24. The first kappa shape index (κ1) is 45.8. The van der Waals surface area contributed by atoms with Crippen LogP contribution in [-0.4, -0.2) is 41.9 Å². The predicted molar refractivity (Wildman–Crippen MR) is 202 cm³/mol. The van der Waals surface area contributed by atoms with E-state index in [-0.39, 0.29) is 5.91 Å². The fraction of sp³-hybridized carbons (Fsp3) is 0.875. The number of allylic oxidation sites excluding steroid dienone is 3. The van der Waals surface area contributed by atoms with E-state index in [0.29, 0.717) is 6.42 Å². The first-order valence-corrected chi connectivity index (χ1v) is 21.6. The van der Waals surface area contributed by atoms with Crippen LogP contribution in [-0.2, 0) is 14.9 Å². The summed E-state index contributed by atoms with van der Waals surface area (Å²) in [6.45, 7) is 4.52. The van der Waals surface area contributed by atoms with Crippen molar-refractivity contribution in [3.8, 4) is 0 Å². The highest BCUT2D eigenvalue weighted by atomic mass is 32.2. The van der Waals surface area contributed by atoms with Crippen LogP contribution >= 0.6 is 0 Å². The van der Waals surface area contributed by atoms with Gasteiger partial charge in [0, 0.05) is 6.42 Å². The number of rotatable bonds is 36. The molecule has 2 unspecified atom stereocenters. The van der Waals surface area contributed by atoms with Gasteiger partial charge >= 0.3 is 0 Å². The van der Waals surface area contributed by atoms with Crippen LogP contribution in [0.5, 0.6) is 0 Å². The molecule has 278 valence electrons. The van der Waals surface area contributed by atoms with Gasteiger partial charge in [-0.05, 0) is 32.1 Å². The lowest BCUT2D eigenvalue weighted by Crippen LogP contribution is -2.46. The van der Waals surface area contributed by atoms with Gasteiger partial charge in [0.2, 0.25) is 5.91 Å². The minimum absolute atomic E-state index is 0.286. The maximum atomic E-state index is 12.5. The molecule has 0 aromatic heterocycles. The Hall–Kier alpha value is -1.18. The highest BCUT2D eigenvalue weighted by molar-refractivity contribution is 7.85. The molecule has 0 aromatic carbocycles. The summed E-state index contributed by atoms with van der Waals surface area (Å²) in [6, 6.07) is -1.07. The number of hydrogen-bond donors (Lipinski definition) is 3. The highest BCUT2D eigenvalue weighted by Crippen LogP contribution is 2.15. The fourth-order valence-corrected chi connectivity index (χ4v) is 6.85. The number of carbonyl (C=O) groups is 1. The average molecular weight is 684 g/mol. The third-order valence-electron chi connectivity index (χ3n) is 9.13. The molecule has 1 amide bonds. The summed E-state index contributed by atoms with van der Waals surface area (Å²) in [5.74, 6) is -0.992. The van der Waals surface area contributed by atoms with E-state index in [2.05, 4.69) is 31.3 Å². The van der Waals surface area contributed by atoms with Gasteiger partial charge in [-0.3, -0.25) is 9.35 Å². The van der Waals surface area contributed by atoms with E-state index in [9.17, 15) is 22.9 Å². The second kappa shape index (κ2) is 34.7. The number of unbranched alkanes of at least 4 members (excludes halogenated alkanes) is 26. The minimum atomic E-state index is -4.35. The first-order valence-electron chi connectivity index (χ1n) is 20.0. The van der Waals surface area contributed by atoms with E-state index >= 15 is 0 Å². The van der Waals surface area contributed by atoms with Crippen molar-refractivity contribution in [3.05, 3.63) is 24.3 Å². The van der Waals surface area contributed by atoms with Crippen molar-refractivity contribution in [1.29, 1.82) is 0 Å². The molecular formula is C40H77NO5S. The zero-order valence-electron chi connectivity index (χ0n) is 30.9. The van der Waals surface area contributed by atoms with E-state index in [1.54, 1.807) is 0 Å². The third-order valence-corrected chi connectivity index (χ3v) is 9.91. The van der Waals surface area contributed by atoms with Crippen molar-refractivity contribution < 1.29 is 22.9 Å².